The molecule has 0 heterocycles. The first-order valence-electron chi connectivity index (χ1n) is 41.4. The summed E-state index contributed by atoms with van der Waals surface area (Å²) in [4.78, 5) is 88.4. The monoisotopic (exact) mass is 1430 g/mol. The summed E-state index contributed by atoms with van der Waals surface area (Å²) in [6.07, 6.45) is 73.4. The van der Waals surface area contributed by atoms with Crippen LogP contribution in [0.15, 0.2) is 97.2 Å². The van der Waals surface area contributed by atoms with Crippen molar-refractivity contribution in [2.24, 2.45) is 0 Å². The Morgan fingerprint density at radius 3 is 0.676 bits per heavy atom. The van der Waals surface area contributed by atoms with Crippen molar-refractivity contribution in [3.8, 4) is 0 Å². The van der Waals surface area contributed by atoms with E-state index in [2.05, 4.69) is 125 Å². The molecule has 0 rings (SSSR count). The Labute approximate surface area is 624 Å². The SMILES string of the molecule is CCCCC/C=C\C/C=C\CCCCCCCC(=O)OC(COC(=O)CCN(C)C)C(OC(=O)CCCCCCC/C=C\C/C=C\CCCCC)C(OC(=O)CCCCCCC/C=C\C/C=C\CCCCC)C(COC(=O)CCN(C)C)OC(=O)CCCCCCC/C=C\C/C=C\CCCCC. The van der Waals surface area contributed by atoms with Crippen LogP contribution >= 0.6 is 0 Å². The molecule has 0 aliphatic carbocycles. The highest BCUT2D eigenvalue weighted by atomic mass is 16.6. The first-order valence-corrected chi connectivity index (χ1v) is 41.4. The molecule has 0 fully saturated rings. The third kappa shape index (κ3) is 67.8. The van der Waals surface area contributed by atoms with Gasteiger partial charge < -0.3 is 38.2 Å². The normalized spacial score (nSPS) is 13.4. The van der Waals surface area contributed by atoms with Gasteiger partial charge in [0, 0.05) is 38.8 Å². The van der Waals surface area contributed by atoms with Crippen LogP contribution in [0.25, 0.3) is 0 Å². The minimum Gasteiger partial charge on any atom is -0.462 e. The zero-order chi connectivity index (χ0) is 74.7. The number of unbranched alkanes of at least 4 members (excludes halogenated alkanes) is 32. The first-order chi connectivity index (χ1) is 49.8. The summed E-state index contributed by atoms with van der Waals surface area (Å²) in [5.41, 5.74) is 0. The van der Waals surface area contributed by atoms with Crippen LogP contribution in [-0.4, -0.2) is 125 Å². The van der Waals surface area contributed by atoms with Gasteiger partial charge in [-0.2, -0.15) is 0 Å². The van der Waals surface area contributed by atoms with Crippen LogP contribution in [0, 0.1) is 0 Å². The van der Waals surface area contributed by atoms with E-state index in [1.807, 2.05) is 38.0 Å². The van der Waals surface area contributed by atoms with E-state index in [-0.39, 0.29) is 38.5 Å². The number of hydrogen-bond acceptors (Lipinski definition) is 14. The molecule has 14 heteroatoms. The van der Waals surface area contributed by atoms with Crippen molar-refractivity contribution in [1.29, 1.82) is 0 Å². The molecule has 14 nitrogen and oxygen atoms in total. The Kier molecular flexibility index (Phi) is 71.4. The van der Waals surface area contributed by atoms with Crippen LogP contribution in [0.5, 0.6) is 0 Å². The number of nitrogens with zero attached hydrogens (tertiary/aromatic N) is 2. The summed E-state index contributed by atoms with van der Waals surface area (Å²) in [7, 11) is 7.36. The first kappa shape index (κ1) is 96.7. The average Bonchev–Trinajstić information content (AvgIpc) is 0.825. The van der Waals surface area contributed by atoms with E-state index >= 15 is 0 Å². The Morgan fingerprint density at radius 2 is 0.451 bits per heavy atom. The average molecular weight is 1430 g/mol. The van der Waals surface area contributed by atoms with Gasteiger partial charge in [-0.1, -0.05) is 253 Å². The smallest absolute Gasteiger partial charge is 0.307 e. The van der Waals surface area contributed by atoms with Crippen LogP contribution in [0.3, 0.4) is 0 Å². The predicted molar refractivity (Wildman–Crippen MR) is 425 cm³/mol. The minimum atomic E-state index is -1.66. The maximum absolute atomic E-state index is 14.5. The zero-order valence-electron chi connectivity index (χ0n) is 66.5. The zero-order valence-corrected chi connectivity index (χ0v) is 66.5. The van der Waals surface area contributed by atoms with Gasteiger partial charge in [0.05, 0.1) is 12.8 Å². The Morgan fingerprint density at radius 1 is 0.245 bits per heavy atom. The fourth-order valence-electron chi connectivity index (χ4n) is 11.4. The lowest BCUT2D eigenvalue weighted by molar-refractivity contribution is -0.209. The van der Waals surface area contributed by atoms with Gasteiger partial charge >= 0.3 is 35.8 Å². The van der Waals surface area contributed by atoms with Gasteiger partial charge in [0.1, 0.15) is 13.2 Å². The molecule has 4 atom stereocenters. The molecule has 0 aliphatic heterocycles. The molecule has 4 unspecified atom stereocenters. The van der Waals surface area contributed by atoms with E-state index < -0.39 is 73.4 Å². The summed E-state index contributed by atoms with van der Waals surface area (Å²) < 4.78 is 37.3. The number of hydrogen-bond donors (Lipinski definition) is 0. The molecule has 0 aromatic heterocycles. The fraction of sp³-hybridized carbons (Fsp3) is 0.750. The number of ether oxygens (including phenoxy) is 6. The van der Waals surface area contributed by atoms with Crippen molar-refractivity contribution < 1.29 is 57.2 Å². The molecule has 0 spiro atoms. The van der Waals surface area contributed by atoms with E-state index in [0.29, 0.717) is 38.8 Å². The van der Waals surface area contributed by atoms with Crippen molar-refractivity contribution in [3.63, 3.8) is 0 Å². The molecule has 586 valence electrons. The number of carbonyl (C=O) groups is 6. The Bertz CT molecular complexity index is 2090. The van der Waals surface area contributed by atoms with E-state index in [1.54, 1.807) is 0 Å². The number of rotatable bonds is 73. The molecule has 0 saturated heterocycles. The highest BCUT2D eigenvalue weighted by molar-refractivity contribution is 5.73. The van der Waals surface area contributed by atoms with Gasteiger partial charge in [0.2, 0.25) is 0 Å². The lowest BCUT2D eigenvalue weighted by Crippen LogP contribution is -2.54. The van der Waals surface area contributed by atoms with E-state index in [9.17, 15) is 28.8 Å². The molecular formula is C88H152N2O12. The van der Waals surface area contributed by atoms with E-state index in [0.717, 1.165) is 180 Å². The Balaban J connectivity index is 7.15. The third-order valence-electron chi connectivity index (χ3n) is 17.8. The highest BCUT2D eigenvalue weighted by Crippen LogP contribution is 2.25. The molecule has 0 radical (unpaired) electrons. The number of allylic oxidation sites excluding steroid dienone is 16. The van der Waals surface area contributed by atoms with Crippen LogP contribution in [0.1, 0.15) is 349 Å². The lowest BCUT2D eigenvalue weighted by atomic mass is 10.0. The Hall–Kier alpha value is -5.34. The fourth-order valence-corrected chi connectivity index (χ4v) is 11.4. The van der Waals surface area contributed by atoms with Crippen molar-refractivity contribution in [1.82, 2.24) is 9.80 Å². The van der Waals surface area contributed by atoms with Gasteiger partial charge in [0.25, 0.3) is 0 Å². The van der Waals surface area contributed by atoms with Gasteiger partial charge in [-0.3, -0.25) is 28.8 Å². The standard InChI is InChI=1S/C88H152N2O12/c1-9-13-17-21-25-29-33-37-41-45-49-53-57-61-65-69-83(93)99-79(77-97-81(91)73-75-89(5)6)87(101-85(95)71-67-63-59-55-51-47-43-39-35-31-27-23-19-15-11-3)88(102-86(96)72-68-64-60-56-52-48-44-40-36-32-28-24-20-16-12-4)80(78-98-82(92)74-76-90(7)8)100-84(94)70-66-62-58-54-50-46-42-38-34-30-26-22-18-14-10-2/h25-32,37-44,79-80,87-88H,9-24,33-36,45-78H2,1-8H3/b29-25-,30-26-,31-27-,32-28-,41-37-,42-38-,43-39-,44-40-. The van der Waals surface area contributed by atoms with Crippen LogP contribution in [0.4, 0.5) is 0 Å². The molecule has 0 aromatic rings. The molecule has 0 bridgehead atoms. The largest absolute Gasteiger partial charge is 0.462 e. The number of carbonyl (C=O) groups excluding carboxylic acids is 6. The van der Waals surface area contributed by atoms with Crippen molar-refractivity contribution >= 4 is 35.8 Å². The second kappa shape index (κ2) is 75.3. The summed E-state index contributed by atoms with van der Waals surface area (Å²) in [5.74, 6) is -3.73. The van der Waals surface area contributed by atoms with Crippen molar-refractivity contribution in [2.75, 3.05) is 54.5 Å². The summed E-state index contributed by atoms with van der Waals surface area (Å²) in [6.45, 7) is 8.52. The third-order valence-corrected chi connectivity index (χ3v) is 17.8. The predicted octanol–water partition coefficient (Wildman–Crippen LogP) is 22.9. The summed E-state index contributed by atoms with van der Waals surface area (Å²) in [5, 5.41) is 0. The van der Waals surface area contributed by atoms with Gasteiger partial charge in [-0.25, -0.2) is 0 Å². The molecule has 0 saturated carbocycles. The van der Waals surface area contributed by atoms with Crippen LogP contribution in [-0.2, 0) is 57.2 Å². The van der Waals surface area contributed by atoms with Crippen molar-refractivity contribution in [3.05, 3.63) is 97.2 Å². The van der Waals surface area contributed by atoms with Crippen LogP contribution < -0.4 is 0 Å². The molecule has 0 aromatic carbocycles. The van der Waals surface area contributed by atoms with Crippen molar-refractivity contribution in [2.45, 2.75) is 373 Å². The summed E-state index contributed by atoms with van der Waals surface area (Å²) >= 11 is 0. The molecular weight excluding hydrogens is 1280 g/mol. The molecule has 0 amide bonds. The van der Waals surface area contributed by atoms with Crippen LogP contribution in [0.2, 0.25) is 0 Å². The second-order valence-electron chi connectivity index (χ2n) is 28.4. The lowest BCUT2D eigenvalue weighted by Gasteiger charge is -2.36. The second-order valence-corrected chi connectivity index (χ2v) is 28.4. The van der Waals surface area contributed by atoms with Gasteiger partial charge in [0.15, 0.2) is 24.4 Å². The van der Waals surface area contributed by atoms with E-state index in [1.165, 1.54) is 77.0 Å². The van der Waals surface area contributed by atoms with E-state index in [4.69, 9.17) is 28.4 Å². The highest BCUT2D eigenvalue weighted by Gasteiger charge is 2.45. The summed E-state index contributed by atoms with van der Waals surface area (Å²) in [6, 6.07) is 0. The van der Waals surface area contributed by atoms with Gasteiger partial charge in [-0.15, -0.1) is 0 Å². The van der Waals surface area contributed by atoms with Gasteiger partial charge in [-0.05, 0) is 182 Å². The number of esters is 6. The molecule has 0 aliphatic rings. The topological polar surface area (TPSA) is 164 Å². The quantitative estimate of drug-likeness (QED) is 0.0244. The molecule has 0 N–H and O–H groups in total. The minimum absolute atomic E-state index is 0.0141. The maximum atomic E-state index is 14.5. The maximum Gasteiger partial charge on any atom is 0.307 e. The molecule has 102 heavy (non-hydrogen) atoms.